The minimum atomic E-state index is -3.32. The van der Waals surface area contributed by atoms with Gasteiger partial charge in [0.25, 0.3) is 5.91 Å². The first-order chi connectivity index (χ1) is 14.4. The van der Waals surface area contributed by atoms with E-state index < -0.39 is 9.84 Å². The number of anilines is 1. The Labute approximate surface area is 173 Å². The van der Waals surface area contributed by atoms with Crippen molar-refractivity contribution in [3.8, 4) is 16.9 Å². The molecule has 0 aliphatic carbocycles. The van der Waals surface area contributed by atoms with E-state index >= 15 is 0 Å². The summed E-state index contributed by atoms with van der Waals surface area (Å²) in [4.78, 5) is 17.3. The summed E-state index contributed by atoms with van der Waals surface area (Å²) < 4.78 is 25.1. The van der Waals surface area contributed by atoms with Crippen LogP contribution in [0.1, 0.15) is 10.4 Å². The predicted molar refractivity (Wildman–Crippen MR) is 114 cm³/mol. The molecular formula is C22H18N4O3S. The van der Waals surface area contributed by atoms with Gasteiger partial charge < -0.3 is 5.32 Å². The molecule has 0 aliphatic rings. The highest BCUT2D eigenvalue weighted by Crippen LogP contribution is 2.26. The SMILES string of the molecule is CS(=O)(=O)c1ccc(-c2nn(-c3ccccc3)cc2C(=O)Nc2ccccn2)cc1. The van der Waals surface area contributed by atoms with Crippen molar-refractivity contribution in [1.29, 1.82) is 0 Å². The zero-order chi connectivity index (χ0) is 21.1. The van der Waals surface area contributed by atoms with Crippen LogP contribution in [0.15, 0.2) is 90.1 Å². The van der Waals surface area contributed by atoms with Crippen molar-refractivity contribution >= 4 is 21.6 Å². The molecule has 150 valence electrons. The molecule has 0 radical (unpaired) electrons. The molecule has 30 heavy (non-hydrogen) atoms. The van der Waals surface area contributed by atoms with E-state index in [-0.39, 0.29) is 10.8 Å². The van der Waals surface area contributed by atoms with E-state index in [1.165, 1.54) is 12.1 Å². The highest BCUT2D eigenvalue weighted by Gasteiger charge is 2.20. The van der Waals surface area contributed by atoms with Crippen molar-refractivity contribution in [2.45, 2.75) is 4.90 Å². The molecule has 0 spiro atoms. The lowest BCUT2D eigenvalue weighted by Gasteiger charge is -2.05. The average molecular weight is 418 g/mol. The maximum absolute atomic E-state index is 13.0. The molecule has 7 nitrogen and oxygen atoms in total. The Bertz CT molecular complexity index is 1280. The lowest BCUT2D eigenvalue weighted by atomic mass is 10.1. The molecule has 8 heteroatoms. The summed E-state index contributed by atoms with van der Waals surface area (Å²) >= 11 is 0. The van der Waals surface area contributed by atoms with E-state index in [4.69, 9.17) is 0 Å². The number of rotatable bonds is 5. The fourth-order valence-corrected chi connectivity index (χ4v) is 3.58. The number of amides is 1. The molecular weight excluding hydrogens is 400 g/mol. The van der Waals surface area contributed by atoms with Crippen molar-refractivity contribution in [2.24, 2.45) is 0 Å². The first-order valence-corrected chi connectivity index (χ1v) is 11.0. The lowest BCUT2D eigenvalue weighted by Crippen LogP contribution is -2.13. The molecule has 0 atom stereocenters. The van der Waals surface area contributed by atoms with Crippen LogP contribution in [0.3, 0.4) is 0 Å². The standard InChI is InChI=1S/C22H18N4O3S/c1-30(28,29)18-12-10-16(11-13-18)21-19(22(27)24-20-9-5-6-14-23-20)15-26(25-21)17-7-3-2-4-8-17/h2-15H,1H3,(H,23,24,27). The van der Waals surface area contributed by atoms with Gasteiger partial charge in [0.05, 0.1) is 16.1 Å². The maximum Gasteiger partial charge on any atom is 0.260 e. The van der Waals surface area contributed by atoms with Crippen molar-refractivity contribution in [3.05, 3.63) is 90.8 Å². The summed E-state index contributed by atoms with van der Waals surface area (Å²) in [5, 5.41) is 7.36. The first kappa shape index (κ1) is 19.5. The minimum absolute atomic E-state index is 0.202. The van der Waals surface area contributed by atoms with Gasteiger partial charge in [-0.1, -0.05) is 36.4 Å². The molecule has 4 aromatic rings. The highest BCUT2D eigenvalue weighted by molar-refractivity contribution is 7.90. The van der Waals surface area contributed by atoms with Gasteiger partial charge in [-0.25, -0.2) is 18.1 Å². The Morgan fingerprint density at radius 1 is 0.933 bits per heavy atom. The van der Waals surface area contributed by atoms with Crippen molar-refractivity contribution in [2.75, 3.05) is 11.6 Å². The van der Waals surface area contributed by atoms with Crippen LogP contribution in [0.25, 0.3) is 16.9 Å². The van der Waals surface area contributed by atoms with Gasteiger partial charge in [-0.15, -0.1) is 0 Å². The second kappa shape index (κ2) is 7.92. The van der Waals surface area contributed by atoms with E-state index in [9.17, 15) is 13.2 Å². The monoisotopic (exact) mass is 418 g/mol. The van der Waals surface area contributed by atoms with Crippen molar-refractivity contribution in [1.82, 2.24) is 14.8 Å². The number of hydrogen-bond donors (Lipinski definition) is 1. The number of aromatic nitrogens is 3. The topological polar surface area (TPSA) is 94.0 Å². The number of benzene rings is 2. The number of nitrogens with one attached hydrogen (secondary N) is 1. The van der Waals surface area contributed by atoms with Crippen molar-refractivity contribution < 1.29 is 13.2 Å². The Morgan fingerprint density at radius 2 is 1.63 bits per heavy atom. The molecule has 2 aromatic carbocycles. The van der Waals surface area contributed by atoms with E-state index in [0.29, 0.717) is 22.6 Å². The van der Waals surface area contributed by atoms with Crippen LogP contribution in [-0.4, -0.2) is 35.3 Å². The van der Waals surface area contributed by atoms with Crippen LogP contribution < -0.4 is 5.32 Å². The molecule has 2 aromatic heterocycles. The fourth-order valence-electron chi connectivity index (χ4n) is 2.95. The normalized spacial score (nSPS) is 11.2. The molecule has 1 amide bonds. The van der Waals surface area contributed by atoms with E-state index in [0.717, 1.165) is 11.9 Å². The lowest BCUT2D eigenvalue weighted by molar-refractivity contribution is 0.102. The van der Waals surface area contributed by atoms with E-state index in [1.807, 2.05) is 30.3 Å². The summed E-state index contributed by atoms with van der Waals surface area (Å²) in [6.07, 6.45) is 4.39. The molecule has 1 N–H and O–H groups in total. The summed E-state index contributed by atoms with van der Waals surface area (Å²) in [5.41, 5.74) is 2.20. The molecule has 0 fully saturated rings. The third kappa shape index (κ3) is 4.13. The minimum Gasteiger partial charge on any atom is -0.306 e. The quantitative estimate of drug-likeness (QED) is 0.535. The van der Waals surface area contributed by atoms with E-state index in [1.54, 1.807) is 47.4 Å². The molecule has 0 unspecified atom stereocenters. The number of sulfone groups is 1. The van der Waals surface area contributed by atoms with Crippen LogP contribution in [0.4, 0.5) is 5.82 Å². The van der Waals surface area contributed by atoms with Crippen LogP contribution in [0.2, 0.25) is 0 Å². The largest absolute Gasteiger partial charge is 0.306 e. The molecule has 4 rings (SSSR count). The number of carbonyl (C=O) groups is 1. The zero-order valence-electron chi connectivity index (χ0n) is 16.1. The predicted octanol–water partition coefficient (Wildman–Crippen LogP) is 3.59. The number of nitrogens with zero attached hydrogens (tertiary/aromatic N) is 3. The van der Waals surface area contributed by atoms with Gasteiger partial charge in [0.1, 0.15) is 11.5 Å². The van der Waals surface area contributed by atoms with Crippen LogP contribution in [-0.2, 0) is 9.84 Å². The number of para-hydroxylation sites is 1. The summed E-state index contributed by atoms with van der Waals surface area (Å²) in [6.45, 7) is 0. The Balaban J connectivity index is 1.78. The summed E-state index contributed by atoms with van der Waals surface area (Å²) in [6, 6.07) is 21.0. The highest BCUT2D eigenvalue weighted by atomic mass is 32.2. The number of hydrogen-bond acceptors (Lipinski definition) is 5. The van der Waals surface area contributed by atoms with Crippen LogP contribution in [0.5, 0.6) is 0 Å². The van der Waals surface area contributed by atoms with Gasteiger partial charge in [-0.3, -0.25) is 4.79 Å². The first-order valence-electron chi connectivity index (χ1n) is 9.10. The van der Waals surface area contributed by atoms with Gasteiger partial charge in [0.2, 0.25) is 0 Å². The number of pyridine rings is 1. The van der Waals surface area contributed by atoms with Crippen LogP contribution >= 0.6 is 0 Å². The molecule has 0 bridgehead atoms. The zero-order valence-corrected chi connectivity index (χ0v) is 16.9. The average Bonchev–Trinajstić information content (AvgIpc) is 3.20. The van der Waals surface area contributed by atoms with Gasteiger partial charge in [0.15, 0.2) is 9.84 Å². The third-order valence-corrected chi connectivity index (χ3v) is 5.57. The van der Waals surface area contributed by atoms with Gasteiger partial charge >= 0.3 is 0 Å². The molecule has 0 saturated carbocycles. The summed E-state index contributed by atoms with van der Waals surface area (Å²) in [7, 11) is -3.32. The van der Waals surface area contributed by atoms with Gasteiger partial charge in [-0.2, -0.15) is 5.10 Å². The second-order valence-corrected chi connectivity index (χ2v) is 8.65. The Kier molecular flexibility index (Phi) is 5.16. The summed E-state index contributed by atoms with van der Waals surface area (Å²) in [5.74, 6) is 0.0615. The van der Waals surface area contributed by atoms with Crippen LogP contribution in [0, 0.1) is 0 Å². The Morgan fingerprint density at radius 3 is 2.27 bits per heavy atom. The number of carbonyl (C=O) groups excluding carboxylic acids is 1. The molecule has 0 saturated heterocycles. The second-order valence-electron chi connectivity index (χ2n) is 6.64. The molecule has 2 heterocycles. The Hall–Kier alpha value is -3.78. The maximum atomic E-state index is 13.0. The van der Waals surface area contributed by atoms with Gasteiger partial charge in [0, 0.05) is 24.2 Å². The smallest absolute Gasteiger partial charge is 0.260 e. The van der Waals surface area contributed by atoms with E-state index in [2.05, 4.69) is 15.4 Å². The van der Waals surface area contributed by atoms with Gasteiger partial charge in [-0.05, 0) is 36.4 Å². The fraction of sp³-hybridized carbons (Fsp3) is 0.0455. The van der Waals surface area contributed by atoms with Crippen molar-refractivity contribution in [3.63, 3.8) is 0 Å². The molecule has 0 aliphatic heterocycles. The third-order valence-electron chi connectivity index (χ3n) is 4.44.